The van der Waals surface area contributed by atoms with Crippen LogP contribution in [0.2, 0.25) is 0 Å². The molecular weight excluding hydrogens is 316 g/mol. The third-order valence-electron chi connectivity index (χ3n) is 2.98. The highest BCUT2D eigenvalue weighted by Crippen LogP contribution is 2.24. The van der Waals surface area contributed by atoms with Gasteiger partial charge < -0.3 is 14.8 Å². The van der Waals surface area contributed by atoms with Crippen LogP contribution in [0.1, 0.15) is 29.9 Å². The minimum Gasteiger partial charge on any atom is -0.497 e. The van der Waals surface area contributed by atoms with Crippen molar-refractivity contribution in [2.24, 2.45) is 0 Å². The summed E-state index contributed by atoms with van der Waals surface area (Å²) in [4.78, 5) is 22.1. The Morgan fingerprint density at radius 1 is 1.33 bits per heavy atom. The van der Waals surface area contributed by atoms with Crippen molar-refractivity contribution in [2.45, 2.75) is 20.4 Å². The molecule has 0 atom stereocenters. The number of nitrogens with zero attached hydrogens (tertiary/aromatic N) is 2. The van der Waals surface area contributed by atoms with E-state index >= 15 is 0 Å². The second-order valence-electron chi connectivity index (χ2n) is 4.25. The third-order valence-corrected chi connectivity index (χ3v) is 2.98. The number of nitrogens with one attached hydrogen (secondary N) is 2. The normalized spacial score (nSPS) is 9.50. The van der Waals surface area contributed by atoms with Crippen molar-refractivity contribution in [3.63, 3.8) is 0 Å². The number of methoxy groups -OCH3 is 2. The molecule has 0 saturated heterocycles. The van der Waals surface area contributed by atoms with E-state index in [4.69, 9.17) is 9.47 Å². The zero-order chi connectivity index (χ0) is 18.1. The molecule has 0 aliphatic heterocycles. The first-order valence-electron chi connectivity index (χ1n) is 7.23. The summed E-state index contributed by atoms with van der Waals surface area (Å²) in [5.41, 5.74) is 0.135. The fourth-order valence-corrected chi connectivity index (χ4v) is 1.85. The van der Waals surface area contributed by atoms with E-state index in [-0.39, 0.29) is 17.9 Å². The van der Waals surface area contributed by atoms with Crippen molar-refractivity contribution < 1.29 is 19.2 Å². The third kappa shape index (κ3) is 4.45. The van der Waals surface area contributed by atoms with Crippen LogP contribution in [0.5, 0.6) is 11.5 Å². The lowest BCUT2D eigenvalue weighted by atomic mass is 10.2. The maximum absolute atomic E-state index is 12.0. The van der Waals surface area contributed by atoms with E-state index in [2.05, 4.69) is 15.5 Å². The smallest absolute Gasteiger partial charge is 0.319 e. The van der Waals surface area contributed by atoms with Crippen LogP contribution in [0.3, 0.4) is 0 Å². The van der Waals surface area contributed by atoms with Gasteiger partial charge in [0.1, 0.15) is 17.7 Å². The van der Waals surface area contributed by atoms with Gasteiger partial charge in [-0.1, -0.05) is 13.8 Å². The van der Waals surface area contributed by atoms with E-state index in [1.165, 1.54) is 14.2 Å². The monoisotopic (exact) mass is 336 g/mol. The minimum atomic E-state index is -0.674. The van der Waals surface area contributed by atoms with Crippen molar-refractivity contribution in [1.82, 2.24) is 15.5 Å². The van der Waals surface area contributed by atoms with Crippen LogP contribution in [0.15, 0.2) is 24.4 Å². The summed E-state index contributed by atoms with van der Waals surface area (Å²) in [7, 11) is 3.04. The first-order chi connectivity index (χ1) is 11.6. The number of rotatable bonds is 6. The molecule has 1 aromatic heterocycles. The molecule has 24 heavy (non-hydrogen) atoms. The summed E-state index contributed by atoms with van der Waals surface area (Å²) >= 11 is 0. The molecule has 0 aliphatic carbocycles. The molecule has 1 aromatic carbocycles. The Morgan fingerprint density at radius 2 is 2.04 bits per heavy atom. The maximum atomic E-state index is 12.0. The molecule has 0 fully saturated rings. The van der Waals surface area contributed by atoms with Crippen molar-refractivity contribution in [1.29, 1.82) is 0 Å². The minimum absolute atomic E-state index is 0.141. The van der Waals surface area contributed by atoms with Crippen LogP contribution in [0.4, 0.5) is 5.69 Å². The predicted octanol–water partition coefficient (Wildman–Crippen LogP) is 2.29. The van der Waals surface area contributed by atoms with E-state index in [1.54, 1.807) is 18.2 Å². The van der Waals surface area contributed by atoms with Crippen LogP contribution >= 0.6 is 0 Å². The van der Waals surface area contributed by atoms with Crippen LogP contribution < -0.4 is 14.8 Å². The maximum Gasteiger partial charge on any atom is 0.319 e. The molecule has 9 heteroatoms. The Balaban J connectivity index is 0.00000139. The van der Waals surface area contributed by atoms with E-state index in [0.717, 1.165) is 6.20 Å². The number of carbonyl (C=O) groups excluding carboxylic acids is 1. The van der Waals surface area contributed by atoms with Gasteiger partial charge in [0.2, 0.25) is 5.69 Å². The average Bonchev–Trinajstić information content (AvgIpc) is 3.11. The second-order valence-corrected chi connectivity index (χ2v) is 4.25. The number of hydrogen-bond donors (Lipinski definition) is 2. The largest absolute Gasteiger partial charge is 0.497 e. The molecular formula is C15H20N4O5. The van der Waals surface area contributed by atoms with E-state index in [1.807, 2.05) is 13.8 Å². The molecule has 2 rings (SSSR count). The molecule has 2 N–H and O–H groups in total. The van der Waals surface area contributed by atoms with E-state index in [0.29, 0.717) is 17.1 Å². The number of ether oxygens (including phenoxy) is 2. The van der Waals surface area contributed by atoms with Crippen LogP contribution in [0.25, 0.3) is 0 Å². The summed E-state index contributed by atoms with van der Waals surface area (Å²) in [5.74, 6) is 0.539. The van der Waals surface area contributed by atoms with Gasteiger partial charge in [0.15, 0.2) is 0 Å². The first-order valence-corrected chi connectivity index (χ1v) is 7.23. The average molecular weight is 336 g/mol. The molecule has 0 aliphatic rings. The molecule has 130 valence electrons. The zero-order valence-electron chi connectivity index (χ0n) is 14.0. The topological polar surface area (TPSA) is 119 Å². The molecule has 0 unspecified atom stereocenters. The lowest BCUT2D eigenvalue weighted by Gasteiger charge is -2.10. The van der Waals surface area contributed by atoms with Gasteiger partial charge in [0.25, 0.3) is 5.91 Å². The van der Waals surface area contributed by atoms with Gasteiger partial charge in [0, 0.05) is 18.2 Å². The van der Waals surface area contributed by atoms with Gasteiger partial charge in [-0.05, 0) is 12.1 Å². The van der Waals surface area contributed by atoms with Crippen molar-refractivity contribution >= 4 is 11.6 Å². The van der Waals surface area contributed by atoms with E-state index < -0.39 is 10.8 Å². The van der Waals surface area contributed by atoms with Crippen molar-refractivity contribution in [3.05, 3.63) is 45.8 Å². The predicted molar refractivity (Wildman–Crippen MR) is 87.3 cm³/mol. The number of nitro groups is 1. The number of H-pyrrole nitrogens is 1. The summed E-state index contributed by atoms with van der Waals surface area (Å²) in [6.07, 6.45) is 0.989. The summed E-state index contributed by atoms with van der Waals surface area (Å²) in [6.45, 7) is 4.14. The highest BCUT2D eigenvalue weighted by molar-refractivity contribution is 5.95. The highest BCUT2D eigenvalue weighted by atomic mass is 16.6. The second kappa shape index (κ2) is 9.13. The standard InChI is InChI=1S/C13H14N4O5.C2H6/c1-21-9-4-3-8(11(5-9)22-2)6-14-13(18)12-10(17(19)20)7-15-16-12;1-2/h3-5,7H,6H2,1-2H3,(H,14,18)(H,15,16);1-2H3. The summed E-state index contributed by atoms with van der Waals surface area (Å²) in [5, 5.41) is 19.2. The van der Waals surface area contributed by atoms with Gasteiger partial charge in [-0.15, -0.1) is 0 Å². The fraction of sp³-hybridized carbons (Fsp3) is 0.333. The van der Waals surface area contributed by atoms with Crippen molar-refractivity contribution in [3.8, 4) is 11.5 Å². The first kappa shape index (κ1) is 18.9. The fourth-order valence-electron chi connectivity index (χ4n) is 1.85. The van der Waals surface area contributed by atoms with Gasteiger partial charge >= 0.3 is 5.69 Å². The Hall–Kier alpha value is -3.10. The molecule has 9 nitrogen and oxygen atoms in total. The molecule has 0 radical (unpaired) electrons. The van der Waals surface area contributed by atoms with Crippen LogP contribution in [-0.2, 0) is 6.54 Å². The van der Waals surface area contributed by atoms with Crippen LogP contribution in [-0.4, -0.2) is 35.2 Å². The summed E-state index contributed by atoms with van der Waals surface area (Å²) in [6, 6.07) is 5.14. The lowest BCUT2D eigenvalue weighted by Crippen LogP contribution is -2.24. The van der Waals surface area contributed by atoms with Gasteiger partial charge in [-0.25, -0.2) is 0 Å². The van der Waals surface area contributed by atoms with Crippen LogP contribution in [0, 0.1) is 10.1 Å². The number of benzene rings is 1. The van der Waals surface area contributed by atoms with Gasteiger partial charge in [0.05, 0.1) is 19.1 Å². The number of aromatic amines is 1. The van der Waals surface area contributed by atoms with Gasteiger partial charge in [-0.2, -0.15) is 5.10 Å². The highest BCUT2D eigenvalue weighted by Gasteiger charge is 2.22. The Kier molecular flexibility index (Phi) is 7.21. The molecule has 0 bridgehead atoms. The molecule has 2 aromatic rings. The lowest BCUT2D eigenvalue weighted by molar-refractivity contribution is -0.385. The van der Waals surface area contributed by atoms with Gasteiger partial charge in [-0.3, -0.25) is 20.0 Å². The number of amides is 1. The number of aromatic nitrogens is 2. The molecule has 0 saturated carbocycles. The number of carbonyl (C=O) groups is 1. The molecule has 1 heterocycles. The number of hydrogen-bond acceptors (Lipinski definition) is 6. The van der Waals surface area contributed by atoms with Crippen molar-refractivity contribution in [2.75, 3.05) is 14.2 Å². The molecule has 1 amide bonds. The Labute approximate surface area is 139 Å². The Bertz CT molecular complexity index is 699. The molecule has 0 spiro atoms. The zero-order valence-corrected chi connectivity index (χ0v) is 14.0. The van der Waals surface area contributed by atoms with E-state index in [9.17, 15) is 14.9 Å². The summed E-state index contributed by atoms with van der Waals surface area (Å²) < 4.78 is 10.3. The quantitative estimate of drug-likeness (QED) is 0.617. The SMILES string of the molecule is CC.COc1ccc(CNC(=O)c2[nH]ncc2[N+](=O)[O-])c(OC)c1. The Morgan fingerprint density at radius 3 is 2.62 bits per heavy atom.